The first kappa shape index (κ1) is 18.1. The molecule has 2 aliphatic heterocycles. The van der Waals surface area contributed by atoms with Gasteiger partial charge in [-0.1, -0.05) is 5.92 Å². The molecular weight excluding hydrogens is 314 g/mol. The molecule has 2 atom stereocenters. The van der Waals surface area contributed by atoms with Crippen LogP contribution in [-0.4, -0.2) is 35.4 Å². The molecular formula is C21H29NO3. The van der Waals surface area contributed by atoms with Crippen LogP contribution in [0.2, 0.25) is 0 Å². The van der Waals surface area contributed by atoms with Crippen molar-refractivity contribution in [3.63, 3.8) is 0 Å². The highest BCUT2D eigenvalue weighted by molar-refractivity contribution is 5.89. The maximum Gasteiger partial charge on any atom is 0.177 e. The highest BCUT2D eigenvalue weighted by Crippen LogP contribution is 2.46. The minimum absolute atomic E-state index is 0. The zero-order valence-electron chi connectivity index (χ0n) is 15.5. The van der Waals surface area contributed by atoms with Crippen LogP contribution >= 0.6 is 0 Å². The van der Waals surface area contributed by atoms with Gasteiger partial charge >= 0.3 is 0 Å². The number of rotatable bonds is 1. The lowest BCUT2D eigenvalue weighted by Gasteiger charge is -2.49. The van der Waals surface area contributed by atoms with Gasteiger partial charge in [0.1, 0.15) is 5.78 Å². The van der Waals surface area contributed by atoms with Crippen LogP contribution < -0.4 is 5.32 Å². The Bertz CT molecular complexity index is 731. The molecule has 0 aromatic heterocycles. The number of carbonyl (C=O) groups excluding carboxylic acids is 1. The molecule has 2 saturated heterocycles. The lowest BCUT2D eigenvalue weighted by Crippen LogP contribution is -2.58. The quantitative estimate of drug-likeness (QED) is 0.770. The summed E-state index contributed by atoms with van der Waals surface area (Å²) in [5.74, 6) is 3.88. The van der Waals surface area contributed by atoms with Crippen molar-refractivity contribution >= 4 is 5.78 Å². The number of hydrogen-bond acceptors (Lipinski definition) is 4. The summed E-state index contributed by atoms with van der Waals surface area (Å²) in [4.78, 5) is 13.1. The number of aliphatic hydroxyl groups is 1. The first-order valence-corrected chi connectivity index (χ1v) is 8.98. The molecule has 2 unspecified atom stereocenters. The third kappa shape index (κ3) is 3.37. The SMILES string of the molecule is CC#Cc1cc(C)c(C2C(=O)CC3(CCNCC3)OC2(C)O)c(C)c1.[HH]. The highest BCUT2D eigenvalue weighted by atomic mass is 16.6. The molecule has 0 bridgehead atoms. The number of ketones is 1. The predicted octanol–water partition coefficient (Wildman–Crippen LogP) is 2.82. The number of nitrogens with one attached hydrogen (secondary N) is 1. The molecule has 0 aliphatic carbocycles. The van der Waals surface area contributed by atoms with Gasteiger partial charge < -0.3 is 15.2 Å². The fraction of sp³-hybridized carbons (Fsp3) is 0.571. The third-order valence-corrected chi connectivity index (χ3v) is 5.44. The van der Waals surface area contributed by atoms with Crippen LogP contribution in [-0.2, 0) is 9.53 Å². The largest absolute Gasteiger partial charge is 0.365 e. The number of hydrogen-bond donors (Lipinski definition) is 2. The van der Waals surface area contributed by atoms with E-state index in [0.717, 1.165) is 48.2 Å². The minimum Gasteiger partial charge on any atom is -0.365 e. The van der Waals surface area contributed by atoms with Crippen molar-refractivity contribution < 1.29 is 16.1 Å². The molecule has 25 heavy (non-hydrogen) atoms. The summed E-state index contributed by atoms with van der Waals surface area (Å²) in [6.45, 7) is 9.02. The average Bonchev–Trinajstić information content (AvgIpc) is 2.49. The second-order valence-electron chi connectivity index (χ2n) is 7.56. The first-order chi connectivity index (χ1) is 11.8. The molecule has 4 heteroatoms. The molecule has 2 aliphatic rings. The Hall–Kier alpha value is -1.67. The number of aryl methyl sites for hydroxylation is 2. The summed E-state index contributed by atoms with van der Waals surface area (Å²) >= 11 is 0. The molecule has 0 radical (unpaired) electrons. The minimum atomic E-state index is -1.50. The zero-order chi connectivity index (χ0) is 18.2. The van der Waals surface area contributed by atoms with Gasteiger partial charge in [-0.2, -0.15) is 0 Å². The summed E-state index contributed by atoms with van der Waals surface area (Å²) in [6, 6.07) is 3.97. The Morgan fingerprint density at radius 2 is 1.88 bits per heavy atom. The van der Waals surface area contributed by atoms with Crippen LogP contribution in [0.25, 0.3) is 0 Å². The van der Waals surface area contributed by atoms with Gasteiger partial charge in [0.25, 0.3) is 0 Å². The summed E-state index contributed by atoms with van der Waals surface area (Å²) < 4.78 is 6.19. The number of Topliss-reactive ketones (excluding diaryl/α,β-unsaturated/α-hetero) is 1. The maximum absolute atomic E-state index is 13.1. The van der Waals surface area contributed by atoms with E-state index in [0.29, 0.717) is 6.42 Å². The molecule has 1 spiro atoms. The van der Waals surface area contributed by atoms with Crippen LogP contribution in [0.3, 0.4) is 0 Å². The Labute approximate surface area is 151 Å². The van der Waals surface area contributed by atoms with Gasteiger partial charge in [0.2, 0.25) is 0 Å². The highest BCUT2D eigenvalue weighted by Gasteiger charge is 2.53. The van der Waals surface area contributed by atoms with Crippen molar-refractivity contribution in [3.8, 4) is 11.8 Å². The van der Waals surface area contributed by atoms with Crippen molar-refractivity contribution in [2.75, 3.05) is 13.1 Å². The van der Waals surface area contributed by atoms with E-state index in [9.17, 15) is 9.90 Å². The second-order valence-corrected chi connectivity index (χ2v) is 7.56. The Morgan fingerprint density at radius 3 is 2.40 bits per heavy atom. The van der Waals surface area contributed by atoms with Crippen LogP contribution in [0, 0.1) is 25.7 Å². The van der Waals surface area contributed by atoms with Crippen molar-refractivity contribution in [2.24, 2.45) is 0 Å². The summed E-state index contributed by atoms with van der Waals surface area (Å²) in [5, 5.41) is 14.4. The van der Waals surface area contributed by atoms with Crippen LogP contribution in [0.5, 0.6) is 0 Å². The van der Waals surface area contributed by atoms with Crippen molar-refractivity contribution in [3.05, 3.63) is 34.4 Å². The number of carbonyl (C=O) groups is 1. The summed E-state index contributed by atoms with van der Waals surface area (Å²) in [6.07, 6.45) is 1.88. The van der Waals surface area contributed by atoms with Gasteiger partial charge in [-0.05, 0) is 82.4 Å². The fourth-order valence-corrected chi connectivity index (χ4v) is 4.49. The van der Waals surface area contributed by atoms with E-state index in [4.69, 9.17) is 4.74 Å². The van der Waals surface area contributed by atoms with Gasteiger partial charge in [0.05, 0.1) is 11.5 Å². The van der Waals surface area contributed by atoms with Gasteiger partial charge in [-0.25, -0.2) is 0 Å². The fourth-order valence-electron chi connectivity index (χ4n) is 4.49. The summed E-state index contributed by atoms with van der Waals surface area (Å²) in [7, 11) is 0. The van der Waals surface area contributed by atoms with Gasteiger partial charge in [-0.3, -0.25) is 4.79 Å². The molecule has 2 fully saturated rings. The van der Waals surface area contributed by atoms with Crippen molar-refractivity contribution in [1.29, 1.82) is 0 Å². The average molecular weight is 343 g/mol. The standard InChI is InChI=1S/C21H27NO3.H2/c1-5-6-16-11-14(2)18(15(3)12-16)19-17(23)13-21(25-20(19,4)24)7-9-22-10-8-21;/h11-12,19,22,24H,7-10,13H2,1-4H3;1H. The van der Waals surface area contributed by atoms with Gasteiger partial charge in [0, 0.05) is 13.4 Å². The normalized spacial score (nSPS) is 28.5. The van der Waals surface area contributed by atoms with E-state index in [2.05, 4.69) is 17.2 Å². The van der Waals surface area contributed by atoms with Crippen molar-refractivity contribution in [2.45, 2.75) is 64.3 Å². The van der Waals surface area contributed by atoms with Gasteiger partial charge in [0.15, 0.2) is 5.79 Å². The first-order valence-electron chi connectivity index (χ1n) is 8.98. The molecule has 1 aromatic rings. The van der Waals surface area contributed by atoms with E-state index in [1.165, 1.54) is 0 Å². The number of ether oxygens (including phenoxy) is 1. The lowest BCUT2D eigenvalue weighted by molar-refractivity contribution is -0.285. The van der Waals surface area contributed by atoms with Crippen LogP contribution in [0.1, 0.15) is 62.7 Å². The molecule has 3 rings (SSSR count). The zero-order valence-corrected chi connectivity index (χ0v) is 15.5. The monoisotopic (exact) mass is 343 g/mol. The maximum atomic E-state index is 13.1. The molecule has 0 saturated carbocycles. The molecule has 2 heterocycles. The number of piperidine rings is 1. The van der Waals surface area contributed by atoms with E-state index >= 15 is 0 Å². The third-order valence-electron chi connectivity index (χ3n) is 5.44. The molecule has 4 nitrogen and oxygen atoms in total. The van der Waals surface area contributed by atoms with E-state index in [-0.39, 0.29) is 7.21 Å². The smallest absolute Gasteiger partial charge is 0.177 e. The Morgan fingerprint density at radius 1 is 1.28 bits per heavy atom. The number of benzene rings is 1. The molecule has 1 aromatic carbocycles. The topological polar surface area (TPSA) is 58.6 Å². The molecule has 136 valence electrons. The van der Waals surface area contributed by atoms with E-state index in [1.807, 2.05) is 26.0 Å². The summed E-state index contributed by atoms with van der Waals surface area (Å²) in [5.41, 5.74) is 3.22. The van der Waals surface area contributed by atoms with Crippen molar-refractivity contribution in [1.82, 2.24) is 5.32 Å². The van der Waals surface area contributed by atoms with E-state index < -0.39 is 17.3 Å². The van der Waals surface area contributed by atoms with Crippen LogP contribution in [0.4, 0.5) is 0 Å². The van der Waals surface area contributed by atoms with Gasteiger partial charge in [-0.15, -0.1) is 5.92 Å². The second kappa shape index (κ2) is 6.57. The Balaban J connectivity index is 0.00000243. The van der Waals surface area contributed by atoms with E-state index in [1.54, 1.807) is 13.8 Å². The predicted molar refractivity (Wildman–Crippen MR) is 99.5 cm³/mol. The Kier molecular flexibility index (Phi) is 4.76. The molecule has 2 N–H and O–H groups in total. The molecule has 0 amide bonds. The van der Waals surface area contributed by atoms with Crippen LogP contribution in [0.15, 0.2) is 12.1 Å². The lowest BCUT2D eigenvalue weighted by atomic mass is 9.73.